The number of amides is 4. The summed E-state index contributed by atoms with van der Waals surface area (Å²) in [5, 5.41) is 4.74. The summed E-state index contributed by atoms with van der Waals surface area (Å²) in [4.78, 5) is 64.9. The minimum atomic E-state index is -3.95. The molecule has 0 bridgehead atoms. The molecule has 4 aliphatic rings. The fraction of sp³-hybridized carbons (Fsp3) is 0.611. The van der Waals surface area contributed by atoms with Gasteiger partial charge in [-0.15, -0.1) is 0 Å². The number of benzene rings is 1. The number of alkyl halides is 2. The fourth-order valence-electron chi connectivity index (χ4n) is 6.81. The van der Waals surface area contributed by atoms with E-state index in [0.717, 1.165) is 6.42 Å². The van der Waals surface area contributed by atoms with Crippen LogP contribution in [0.1, 0.15) is 91.2 Å². The molecular weight excluding hydrogens is 714 g/mol. The molecule has 1 aromatic carbocycles. The molecule has 0 spiro atoms. The van der Waals surface area contributed by atoms with Crippen LogP contribution >= 0.6 is 0 Å². The van der Waals surface area contributed by atoms with Crippen molar-refractivity contribution >= 4 is 44.9 Å². The highest BCUT2D eigenvalue weighted by Crippen LogP contribution is 2.46. The van der Waals surface area contributed by atoms with Gasteiger partial charge in [0, 0.05) is 19.3 Å². The Morgan fingerprint density at radius 3 is 2.38 bits per heavy atom. The van der Waals surface area contributed by atoms with Crippen molar-refractivity contribution in [3.63, 3.8) is 0 Å². The van der Waals surface area contributed by atoms with Gasteiger partial charge in [0.1, 0.15) is 29.3 Å². The number of nitrogens with one attached hydrogen (secondary N) is 3. The molecule has 0 radical (unpaired) electrons. The number of carbonyl (C=O) groups excluding carboxylic acids is 4. The number of ether oxygens (including phenoxy) is 2. The first-order valence-corrected chi connectivity index (χ1v) is 19.6. The Bertz CT molecular complexity index is 1910. The first-order chi connectivity index (χ1) is 24.9. The van der Waals surface area contributed by atoms with Crippen LogP contribution in [0.2, 0.25) is 0 Å². The maximum absolute atomic E-state index is 14.9. The van der Waals surface area contributed by atoms with Gasteiger partial charge in [0.2, 0.25) is 27.7 Å². The van der Waals surface area contributed by atoms with Crippen LogP contribution in [0.25, 0.3) is 11.0 Å². The fourth-order valence-corrected chi connectivity index (χ4v) is 8.17. The molecule has 53 heavy (non-hydrogen) atoms. The molecule has 1 saturated heterocycles. The van der Waals surface area contributed by atoms with Gasteiger partial charge in [0.15, 0.2) is 5.69 Å². The van der Waals surface area contributed by atoms with Crippen molar-refractivity contribution in [3.05, 3.63) is 42.1 Å². The summed E-state index contributed by atoms with van der Waals surface area (Å²) >= 11 is 0. The van der Waals surface area contributed by atoms with Crippen LogP contribution in [-0.4, -0.2) is 88.2 Å². The number of alkyl carbamates (subject to hydrolysis) is 1. The minimum Gasteiger partial charge on any atom is -0.471 e. The van der Waals surface area contributed by atoms with Crippen LogP contribution in [0.5, 0.6) is 5.88 Å². The highest BCUT2D eigenvalue weighted by atomic mass is 32.2. The average molecular weight is 761 g/mol. The second kappa shape index (κ2) is 14.4. The third-order valence-corrected chi connectivity index (χ3v) is 11.6. The van der Waals surface area contributed by atoms with Crippen LogP contribution in [0.15, 0.2) is 36.4 Å². The Morgan fingerprint density at radius 2 is 1.72 bits per heavy atom. The molecule has 14 nitrogen and oxygen atoms in total. The van der Waals surface area contributed by atoms with Gasteiger partial charge in [-0.25, -0.2) is 23.2 Å². The summed E-state index contributed by atoms with van der Waals surface area (Å²) < 4.78 is 69.0. The van der Waals surface area contributed by atoms with Gasteiger partial charge in [-0.05, 0) is 71.4 Å². The third kappa shape index (κ3) is 8.87. The van der Waals surface area contributed by atoms with Crippen LogP contribution in [0.3, 0.4) is 0 Å². The van der Waals surface area contributed by atoms with Crippen LogP contribution in [0, 0.1) is 5.92 Å². The Labute approximate surface area is 306 Å². The van der Waals surface area contributed by atoms with Gasteiger partial charge in [-0.1, -0.05) is 37.1 Å². The van der Waals surface area contributed by atoms with E-state index in [9.17, 15) is 36.4 Å². The largest absolute Gasteiger partial charge is 0.471 e. The monoisotopic (exact) mass is 760 g/mol. The van der Waals surface area contributed by atoms with E-state index < -0.39 is 91.8 Å². The molecule has 0 unspecified atom stereocenters. The SMILES string of the molecule is CC(C)(C)OC(=O)N[C@H]1CCCCCC=C[C@@H]2C[C@@]2(C(=O)NS(=O)(=O)C2CC2)NC(=O)[C@@H]2C[C@@H](Oc3nc4ccccc4nc3C(C)(F)F)CN2C1=O. The van der Waals surface area contributed by atoms with Crippen molar-refractivity contribution in [1.29, 1.82) is 0 Å². The zero-order valence-electron chi connectivity index (χ0n) is 30.2. The number of fused-ring (bicyclic) bond motifs is 3. The van der Waals surface area contributed by atoms with Crippen molar-refractivity contribution in [2.24, 2.45) is 5.92 Å². The van der Waals surface area contributed by atoms with Gasteiger partial charge >= 0.3 is 6.09 Å². The molecule has 4 amide bonds. The lowest BCUT2D eigenvalue weighted by Gasteiger charge is -2.30. The average Bonchev–Trinajstić information content (AvgIpc) is 3.98. The van der Waals surface area contributed by atoms with Crippen molar-refractivity contribution in [3.8, 4) is 5.88 Å². The Morgan fingerprint density at radius 1 is 1.02 bits per heavy atom. The van der Waals surface area contributed by atoms with E-state index in [1.807, 2.05) is 6.08 Å². The zero-order valence-corrected chi connectivity index (χ0v) is 31.0. The van der Waals surface area contributed by atoms with Crippen LogP contribution in [0.4, 0.5) is 13.6 Å². The summed E-state index contributed by atoms with van der Waals surface area (Å²) in [5.74, 6) is -6.70. The van der Waals surface area contributed by atoms with Crippen molar-refractivity contribution in [1.82, 2.24) is 30.2 Å². The molecule has 6 rings (SSSR count). The molecule has 3 heterocycles. The van der Waals surface area contributed by atoms with Gasteiger partial charge < -0.3 is 25.0 Å². The molecule has 288 valence electrons. The molecule has 3 N–H and O–H groups in total. The lowest BCUT2D eigenvalue weighted by Crippen LogP contribution is -2.58. The molecule has 2 saturated carbocycles. The van der Waals surface area contributed by atoms with Gasteiger partial charge in [0.25, 0.3) is 11.8 Å². The molecule has 2 aliphatic carbocycles. The summed E-state index contributed by atoms with van der Waals surface area (Å²) in [6.45, 7) is 5.44. The van der Waals surface area contributed by atoms with E-state index in [2.05, 4.69) is 25.3 Å². The van der Waals surface area contributed by atoms with Crippen LogP contribution < -0.4 is 20.1 Å². The number of aromatic nitrogens is 2. The molecule has 2 aromatic rings. The molecule has 2 aliphatic heterocycles. The van der Waals surface area contributed by atoms with Gasteiger partial charge in [0.05, 0.1) is 22.8 Å². The van der Waals surface area contributed by atoms with Crippen molar-refractivity contribution in [2.75, 3.05) is 6.54 Å². The first kappa shape index (κ1) is 38.3. The summed E-state index contributed by atoms with van der Waals surface area (Å²) in [5.41, 5.74) is -2.67. The van der Waals surface area contributed by atoms with Crippen LogP contribution in [-0.2, 0) is 35.1 Å². The van der Waals surface area contributed by atoms with E-state index in [1.165, 1.54) is 11.0 Å². The molecule has 5 atom stereocenters. The maximum Gasteiger partial charge on any atom is 0.408 e. The summed E-state index contributed by atoms with van der Waals surface area (Å²) in [6, 6.07) is 4.01. The molecule has 17 heteroatoms. The smallest absolute Gasteiger partial charge is 0.408 e. The Hall–Kier alpha value is -4.41. The van der Waals surface area contributed by atoms with Gasteiger partial charge in [-0.2, -0.15) is 8.78 Å². The van der Waals surface area contributed by atoms with E-state index in [0.29, 0.717) is 44.5 Å². The van der Waals surface area contributed by atoms with Crippen molar-refractivity contribution < 1.29 is 45.9 Å². The summed E-state index contributed by atoms with van der Waals surface area (Å²) in [6.07, 6.45) is 5.44. The number of hydrogen-bond donors (Lipinski definition) is 3. The highest BCUT2D eigenvalue weighted by Gasteiger charge is 2.62. The quantitative estimate of drug-likeness (QED) is 0.349. The lowest BCUT2D eigenvalue weighted by atomic mass is 10.0. The van der Waals surface area contributed by atoms with E-state index >= 15 is 0 Å². The second-order valence-electron chi connectivity index (χ2n) is 15.4. The molecule has 3 fully saturated rings. The first-order valence-electron chi connectivity index (χ1n) is 18.0. The van der Waals surface area contributed by atoms with Gasteiger partial charge in [-0.3, -0.25) is 19.1 Å². The number of sulfonamides is 1. The normalized spacial score (nSPS) is 27.1. The van der Waals surface area contributed by atoms with Crippen molar-refractivity contribution in [2.45, 2.75) is 126 Å². The number of halogens is 2. The summed E-state index contributed by atoms with van der Waals surface area (Å²) in [7, 11) is -3.95. The number of nitrogens with zero attached hydrogens (tertiary/aromatic N) is 3. The zero-order chi connectivity index (χ0) is 38.3. The number of para-hydroxylation sites is 2. The highest BCUT2D eigenvalue weighted by molar-refractivity contribution is 7.91. The van der Waals surface area contributed by atoms with E-state index in [-0.39, 0.29) is 31.3 Å². The molecular formula is C36H46F2N6O8S. The molecule has 1 aromatic heterocycles. The number of carbonyl (C=O) groups is 4. The number of hydrogen-bond acceptors (Lipinski definition) is 10. The number of allylic oxidation sites excluding steroid dienone is 1. The minimum absolute atomic E-state index is 0.131. The predicted octanol–water partition coefficient (Wildman–Crippen LogP) is 3.99. The third-order valence-electron chi connectivity index (χ3n) is 9.77. The predicted molar refractivity (Wildman–Crippen MR) is 188 cm³/mol. The maximum atomic E-state index is 14.9. The Balaban J connectivity index is 1.33. The Kier molecular flexibility index (Phi) is 10.4. The lowest BCUT2D eigenvalue weighted by molar-refractivity contribution is -0.141. The van der Waals surface area contributed by atoms with E-state index in [1.54, 1.807) is 45.0 Å². The standard InChI is InChI=1S/C36H46F2N6O8S/c1-34(2,3)52-33(48)41-26-15-9-7-5-6-8-12-21-19-36(21,32(47)43-53(49,50)23-16-17-23)42-29(45)27-18-22(20-44(27)31(26)46)51-30-28(35(4,37)38)39-24-13-10-11-14-25(24)40-30/h8,10-14,21-23,26-27H,5-7,9,15-20H2,1-4H3,(H,41,48)(H,42,45)(H,43,47)/t21-,22-,26+,27+,36-/m1/s1. The van der Waals surface area contributed by atoms with E-state index in [4.69, 9.17) is 9.47 Å². The number of rotatable bonds is 7. The second-order valence-corrected chi connectivity index (χ2v) is 17.4. The topological polar surface area (TPSA) is 186 Å².